The molecule has 0 aliphatic rings. The fourth-order valence-electron chi connectivity index (χ4n) is 1.53. The second-order valence-corrected chi connectivity index (χ2v) is 4.15. The SMILES string of the molecule is CCc1nn(C)cc1C(=O)NCC(C)/C(N)=N/O. The van der Waals surface area contributed by atoms with Gasteiger partial charge in [-0.15, -0.1) is 0 Å². The van der Waals surface area contributed by atoms with Crippen molar-refractivity contribution in [3.05, 3.63) is 17.5 Å². The van der Waals surface area contributed by atoms with Gasteiger partial charge in [0.25, 0.3) is 5.91 Å². The number of carbonyl (C=O) groups excluding carboxylic acids is 1. The molecule has 1 aromatic heterocycles. The van der Waals surface area contributed by atoms with Crippen LogP contribution in [0.25, 0.3) is 0 Å². The van der Waals surface area contributed by atoms with Gasteiger partial charge in [0.15, 0.2) is 0 Å². The Morgan fingerprint density at radius 2 is 2.39 bits per heavy atom. The van der Waals surface area contributed by atoms with E-state index in [0.29, 0.717) is 18.5 Å². The molecule has 0 aliphatic carbocycles. The predicted molar refractivity (Wildman–Crippen MR) is 67.5 cm³/mol. The van der Waals surface area contributed by atoms with Gasteiger partial charge < -0.3 is 16.3 Å². The molecular formula is C11H19N5O2. The van der Waals surface area contributed by atoms with E-state index in [4.69, 9.17) is 10.9 Å². The fourth-order valence-corrected chi connectivity index (χ4v) is 1.53. The number of aromatic nitrogens is 2. The number of hydrogen-bond acceptors (Lipinski definition) is 4. The van der Waals surface area contributed by atoms with E-state index >= 15 is 0 Å². The molecule has 1 aromatic rings. The summed E-state index contributed by atoms with van der Waals surface area (Å²) in [5.74, 6) is -0.324. The fraction of sp³-hybridized carbons (Fsp3) is 0.545. The minimum atomic E-state index is -0.222. The van der Waals surface area contributed by atoms with Gasteiger partial charge >= 0.3 is 0 Å². The lowest BCUT2D eigenvalue weighted by Gasteiger charge is -2.10. The van der Waals surface area contributed by atoms with E-state index in [1.807, 2.05) is 6.92 Å². The Labute approximate surface area is 106 Å². The number of nitrogens with one attached hydrogen (secondary N) is 1. The van der Waals surface area contributed by atoms with Gasteiger partial charge in [0.05, 0.1) is 11.3 Å². The number of aryl methyl sites for hydroxylation is 2. The number of carbonyl (C=O) groups is 1. The van der Waals surface area contributed by atoms with Crippen LogP contribution in [-0.2, 0) is 13.5 Å². The van der Waals surface area contributed by atoms with Gasteiger partial charge in [-0.1, -0.05) is 19.0 Å². The summed E-state index contributed by atoms with van der Waals surface area (Å²) in [5.41, 5.74) is 6.75. The maximum absolute atomic E-state index is 11.9. The van der Waals surface area contributed by atoms with Crippen LogP contribution >= 0.6 is 0 Å². The van der Waals surface area contributed by atoms with Crippen LogP contribution in [0.1, 0.15) is 29.9 Å². The molecule has 0 saturated heterocycles. The third kappa shape index (κ3) is 3.22. The van der Waals surface area contributed by atoms with Crippen molar-refractivity contribution in [3.8, 4) is 0 Å². The van der Waals surface area contributed by atoms with Gasteiger partial charge in [-0.05, 0) is 6.42 Å². The molecule has 0 aromatic carbocycles. The zero-order valence-electron chi connectivity index (χ0n) is 10.8. The molecule has 1 atom stereocenters. The van der Waals surface area contributed by atoms with Gasteiger partial charge in [0.1, 0.15) is 5.84 Å². The van der Waals surface area contributed by atoms with Crippen LogP contribution in [0.3, 0.4) is 0 Å². The van der Waals surface area contributed by atoms with Crippen LogP contribution < -0.4 is 11.1 Å². The van der Waals surface area contributed by atoms with Gasteiger partial charge in [0.2, 0.25) is 0 Å². The van der Waals surface area contributed by atoms with Crippen LogP contribution in [0.15, 0.2) is 11.4 Å². The average molecular weight is 253 g/mol. The number of amidine groups is 1. The summed E-state index contributed by atoms with van der Waals surface area (Å²) < 4.78 is 1.61. The summed E-state index contributed by atoms with van der Waals surface area (Å²) in [5, 5.41) is 18.3. The molecular weight excluding hydrogens is 234 g/mol. The van der Waals surface area contributed by atoms with Crippen molar-refractivity contribution in [3.63, 3.8) is 0 Å². The first kappa shape index (κ1) is 14.0. The van der Waals surface area contributed by atoms with Crippen molar-refractivity contribution in [2.24, 2.45) is 23.9 Å². The Morgan fingerprint density at radius 3 is 2.94 bits per heavy atom. The topological polar surface area (TPSA) is 106 Å². The molecule has 1 unspecified atom stereocenters. The lowest BCUT2D eigenvalue weighted by atomic mass is 10.1. The van der Waals surface area contributed by atoms with Crippen molar-refractivity contribution in [1.82, 2.24) is 15.1 Å². The summed E-state index contributed by atoms with van der Waals surface area (Å²) in [7, 11) is 1.77. The van der Waals surface area contributed by atoms with E-state index in [0.717, 1.165) is 5.69 Å². The average Bonchev–Trinajstić information content (AvgIpc) is 2.75. The third-order valence-electron chi connectivity index (χ3n) is 2.67. The summed E-state index contributed by atoms with van der Waals surface area (Å²) in [4.78, 5) is 11.9. The number of nitrogens with zero attached hydrogens (tertiary/aromatic N) is 3. The first-order chi connectivity index (χ1) is 8.49. The molecule has 7 nitrogen and oxygen atoms in total. The molecule has 0 bridgehead atoms. The molecule has 0 spiro atoms. The van der Waals surface area contributed by atoms with Crippen molar-refractivity contribution in [2.45, 2.75) is 20.3 Å². The molecule has 7 heteroatoms. The summed E-state index contributed by atoms with van der Waals surface area (Å²) in [6.45, 7) is 4.02. The van der Waals surface area contributed by atoms with E-state index in [2.05, 4.69) is 15.6 Å². The molecule has 0 fully saturated rings. The Bertz CT molecular complexity index is 452. The first-order valence-corrected chi connectivity index (χ1v) is 5.77. The van der Waals surface area contributed by atoms with Crippen LogP contribution in [0.5, 0.6) is 0 Å². The quantitative estimate of drug-likeness (QED) is 0.299. The van der Waals surface area contributed by atoms with Crippen molar-refractivity contribution < 1.29 is 10.0 Å². The summed E-state index contributed by atoms with van der Waals surface area (Å²) >= 11 is 0. The van der Waals surface area contributed by atoms with Gasteiger partial charge in [-0.25, -0.2) is 0 Å². The highest BCUT2D eigenvalue weighted by Gasteiger charge is 2.15. The highest BCUT2D eigenvalue weighted by Crippen LogP contribution is 2.07. The Kier molecular flexibility index (Phi) is 4.70. The smallest absolute Gasteiger partial charge is 0.254 e. The molecule has 1 heterocycles. The van der Waals surface area contributed by atoms with E-state index in [-0.39, 0.29) is 17.7 Å². The molecule has 0 radical (unpaired) electrons. The van der Waals surface area contributed by atoms with Crippen LogP contribution in [0.4, 0.5) is 0 Å². The lowest BCUT2D eigenvalue weighted by molar-refractivity contribution is 0.0950. The number of hydrogen-bond donors (Lipinski definition) is 3. The molecule has 100 valence electrons. The zero-order valence-corrected chi connectivity index (χ0v) is 10.8. The number of amides is 1. The summed E-state index contributed by atoms with van der Waals surface area (Å²) in [6.07, 6.45) is 2.38. The lowest BCUT2D eigenvalue weighted by Crippen LogP contribution is -2.34. The maximum Gasteiger partial charge on any atom is 0.254 e. The third-order valence-corrected chi connectivity index (χ3v) is 2.67. The minimum Gasteiger partial charge on any atom is -0.409 e. The van der Waals surface area contributed by atoms with Crippen LogP contribution in [0, 0.1) is 5.92 Å². The van der Waals surface area contributed by atoms with E-state index in [1.54, 1.807) is 24.9 Å². The van der Waals surface area contributed by atoms with E-state index < -0.39 is 0 Å². The molecule has 0 saturated carbocycles. The second kappa shape index (κ2) is 6.04. The second-order valence-electron chi connectivity index (χ2n) is 4.15. The molecule has 1 rings (SSSR count). The molecule has 4 N–H and O–H groups in total. The largest absolute Gasteiger partial charge is 0.409 e. The first-order valence-electron chi connectivity index (χ1n) is 5.77. The van der Waals surface area contributed by atoms with E-state index in [1.165, 1.54) is 0 Å². The van der Waals surface area contributed by atoms with Crippen LogP contribution in [0.2, 0.25) is 0 Å². The normalized spacial score (nSPS) is 13.4. The molecule has 0 aliphatic heterocycles. The standard InChI is InChI=1S/C11H19N5O2/c1-4-9-8(6-16(3)14-9)11(17)13-5-7(2)10(12)15-18/h6-7,18H,4-5H2,1-3H3,(H2,12,15)(H,13,17). The van der Waals surface area contributed by atoms with E-state index in [9.17, 15) is 4.79 Å². The van der Waals surface area contributed by atoms with Gasteiger partial charge in [-0.3, -0.25) is 9.48 Å². The Morgan fingerprint density at radius 1 is 1.72 bits per heavy atom. The van der Waals surface area contributed by atoms with Crippen molar-refractivity contribution in [2.75, 3.05) is 6.54 Å². The minimum absolute atomic E-state index is 0.0946. The summed E-state index contributed by atoms with van der Waals surface area (Å²) in [6, 6.07) is 0. The molecule has 18 heavy (non-hydrogen) atoms. The van der Waals surface area contributed by atoms with Gasteiger partial charge in [0, 0.05) is 25.7 Å². The number of rotatable bonds is 5. The monoisotopic (exact) mass is 253 g/mol. The van der Waals surface area contributed by atoms with Crippen molar-refractivity contribution in [1.29, 1.82) is 0 Å². The highest BCUT2D eigenvalue weighted by molar-refractivity contribution is 5.95. The maximum atomic E-state index is 11.9. The predicted octanol–water partition coefficient (Wildman–Crippen LogP) is 0.0948. The Balaban J connectivity index is 2.66. The Hall–Kier alpha value is -2.05. The number of nitrogens with two attached hydrogens (primary N) is 1. The number of oxime groups is 1. The zero-order chi connectivity index (χ0) is 13.7. The molecule has 1 amide bonds. The van der Waals surface area contributed by atoms with Crippen LogP contribution in [-0.4, -0.2) is 33.3 Å². The van der Waals surface area contributed by atoms with Gasteiger partial charge in [-0.2, -0.15) is 5.10 Å². The highest BCUT2D eigenvalue weighted by atomic mass is 16.4. The van der Waals surface area contributed by atoms with Crippen molar-refractivity contribution >= 4 is 11.7 Å².